The zero-order valence-corrected chi connectivity index (χ0v) is 7.63. The van der Waals surface area contributed by atoms with Crippen LogP contribution in [0.15, 0.2) is 18.5 Å². The van der Waals surface area contributed by atoms with E-state index in [2.05, 4.69) is 16.8 Å². The molecule has 2 N–H and O–H groups in total. The van der Waals surface area contributed by atoms with Crippen LogP contribution in [0.2, 0.25) is 0 Å². The van der Waals surface area contributed by atoms with Gasteiger partial charge in [0.05, 0.1) is 17.3 Å². The van der Waals surface area contributed by atoms with Gasteiger partial charge in [-0.1, -0.05) is 11.8 Å². The Balaban J connectivity index is 2.97. The normalized spacial score (nSPS) is 10.5. The van der Waals surface area contributed by atoms with Crippen molar-refractivity contribution in [2.24, 2.45) is 5.73 Å². The minimum Gasteiger partial charge on any atom is -0.316 e. The standard InChI is InChI=1S/C10H11FN2/c1-10(2,12)5-3-8-4-6-13-7-9(8)11/h4,6-7H,12H2,1-2H3. The summed E-state index contributed by atoms with van der Waals surface area (Å²) in [6, 6.07) is 1.52. The van der Waals surface area contributed by atoms with E-state index in [4.69, 9.17) is 5.73 Å². The lowest BCUT2D eigenvalue weighted by Gasteiger charge is -2.07. The first-order valence-corrected chi connectivity index (χ1v) is 3.90. The van der Waals surface area contributed by atoms with Crippen molar-refractivity contribution in [3.63, 3.8) is 0 Å². The first-order valence-electron chi connectivity index (χ1n) is 3.90. The lowest BCUT2D eigenvalue weighted by atomic mass is 10.1. The summed E-state index contributed by atoms with van der Waals surface area (Å²) in [7, 11) is 0. The highest BCUT2D eigenvalue weighted by atomic mass is 19.1. The number of nitrogens with two attached hydrogens (primary N) is 1. The number of pyridine rings is 1. The van der Waals surface area contributed by atoms with Gasteiger partial charge in [-0.15, -0.1) is 0 Å². The van der Waals surface area contributed by atoms with E-state index in [9.17, 15) is 4.39 Å². The molecule has 1 aromatic rings. The van der Waals surface area contributed by atoms with Crippen molar-refractivity contribution in [3.05, 3.63) is 29.8 Å². The molecule has 3 heteroatoms. The Kier molecular flexibility index (Phi) is 2.64. The third-order valence-corrected chi connectivity index (χ3v) is 1.29. The minimum absolute atomic E-state index is 0.327. The molecule has 0 aliphatic rings. The maximum absolute atomic E-state index is 13.0. The van der Waals surface area contributed by atoms with Crippen LogP contribution in [0.25, 0.3) is 0 Å². The molecule has 1 aromatic heterocycles. The zero-order chi connectivity index (χ0) is 9.90. The topological polar surface area (TPSA) is 38.9 Å². The average Bonchev–Trinajstić information content (AvgIpc) is 2.01. The van der Waals surface area contributed by atoms with Crippen molar-refractivity contribution in [1.29, 1.82) is 0 Å². The number of hydrogen-bond acceptors (Lipinski definition) is 2. The molecule has 0 amide bonds. The van der Waals surface area contributed by atoms with Crippen molar-refractivity contribution in [3.8, 4) is 11.8 Å². The van der Waals surface area contributed by atoms with Crippen molar-refractivity contribution in [1.82, 2.24) is 4.98 Å². The summed E-state index contributed by atoms with van der Waals surface area (Å²) in [4.78, 5) is 3.62. The Hall–Kier alpha value is -1.40. The molecular weight excluding hydrogens is 167 g/mol. The largest absolute Gasteiger partial charge is 0.316 e. The van der Waals surface area contributed by atoms with Gasteiger partial charge in [0, 0.05) is 6.20 Å². The third kappa shape index (κ3) is 3.22. The second-order valence-electron chi connectivity index (χ2n) is 3.33. The Morgan fingerprint density at radius 1 is 1.54 bits per heavy atom. The van der Waals surface area contributed by atoms with Gasteiger partial charge in [0.25, 0.3) is 0 Å². The van der Waals surface area contributed by atoms with Gasteiger partial charge in [-0.3, -0.25) is 4.98 Å². The van der Waals surface area contributed by atoms with E-state index in [0.717, 1.165) is 6.20 Å². The fraction of sp³-hybridized carbons (Fsp3) is 0.300. The molecule has 1 heterocycles. The van der Waals surface area contributed by atoms with Gasteiger partial charge in [-0.25, -0.2) is 4.39 Å². The number of halogens is 1. The molecule has 0 spiro atoms. The van der Waals surface area contributed by atoms with Crippen LogP contribution in [-0.2, 0) is 0 Å². The van der Waals surface area contributed by atoms with E-state index in [-0.39, 0.29) is 0 Å². The molecule has 0 aliphatic heterocycles. The summed E-state index contributed by atoms with van der Waals surface area (Å²) < 4.78 is 13.0. The number of rotatable bonds is 0. The smallest absolute Gasteiger partial charge is 0.157 e. The molecule has 1 rings (SSSR count). The number of nitrogens with zero attached hydrogens (tertiary/aromatic N) is 1. The summed E-state index contributed by atoms with van der Waals surface area (Å²) in [6.45, 7) is 3.53. The van der Waals surface area contributed by atoms with Gasteiger partial charge in [0.1, 0.15) is 0 Å². The fourth-order valence-electron chi connectivity index (χ4n) is 0.705. The van der Waals surface area contributed by atoms with Gasteiger partial charge >= 0.3 is 0 Å². The molecule has 0 aliphatic carbocycles. The number of aromatic nitrogens is 1. The molecule has 68 valence electrons. The van der Waals surface area contributed by atoms with E-state index < -0.39 is 11.4 Å². The summed E-state index contributed by atoms with van der Waals surface area (Å²) in [6.07, 6.45) is 2.63. The van der Waals surface area contributed by atoms with E-state index in [1.165, 1.54) is 12.3 Å². The minimum atomic E-state index is -0.601. The fourth-order valence-corrected chi connectivity index (χ4v) is 0.705. The maximum atomic E-state index is 13.0. The molecule has 0 fully saturated rings. The predicted octanol–water partition coefficient (Wildman–Crippen LogP) is 1.31. The van der Waals surface area contributed by atoms with Gasteiger partial charge in [0.2, 0.25) is 0 Å². The molecule has 2 nitrogen and oxygen atoms in total. The van der Waals surface area contributed by atoms with Crippen LogP contribution in [0.4, 0.5) is 4.39 Å². The van der Waals surface area contributed by atoms with Crippen molar-refractivity contribution in [2.75, 3.05) is 0 Å². The molecule has 0 radical (unpaired) electrons. The Labute approximate surface area is 77.0 Å². The summed E-state index contributed by atoms with van der Waals surface area (Å²) in [5.74, 6) is 4.98. The van der Waals surface area contributed by atoms with Crippen molar-refractivity contribution >= 4 is 0 Å². The molecule has 0 saturated heterocycles. The SMILES string of the molecule is CC(C)(N)C#Cc1ccncc1F. The monoisotopic (exact) mass is 178 g/mol. The average molecular weight is 178 g/mol. The second kappa shape index (κ2) is 3.55. The highest BCUT2D eigenvalue weighted by Crippen LogP contribution is 2.02. The first-order chi connectivity index (χ1) is 5.99. The summed E-state index contributed by atoms with van der Waals surface area (Å²) >= 11 is 0. The van der Waals surface area contributed by atoms with Gasteiger partial charge in [-0.05, 0) is 19.9 Å². The quantitative estimate of drug-likeness (QED) is 0.608. The van der Waals surface area contributed by atoms with Gasteiger partial charge in [0.15, 0.2) is 5.82 Å². The molecule has 0 aromatic carbocycles. The Morgan fingerprint density at radius 3 is 2.77 bits per heavy atom. The van der Waals surface area contributed by atoms with E-state index in [1.54, 1.807) is 13.8 Å². The molecular formula is C10H11FN2. The Bertz CT molecular complexity index is 355. The molecule has 0 bridgehead atoms. The van der Waals surface area contributed by atoms with E-state index in [1.807, 2.05) is 0 Å². The van der Waals surface area contributed by atoms with Crippen LogP contribution >= 0.6 is 0 Å². The van der Waals surface area contributed by atoms with Crippen LogP contribution in [0.5, 0.6) is 0 Å². The number of hydrogen-bond donors (Lipinski definition) is 1. The highest BCUT2D eigenvalue weighted by Gasteiger charge is 2.04. The lowest BCUT2D eigenvalue weighted by Crippen LogP contribution is -2.29. The van der Waals surface area contributed by atoms with Crippen molar-refractivity contribution < 1.29 is 4.39 Å². The van der Waals surface area contributed by atoms with Crippen LogP contribution in [0.1, 0.15) is 19.4 Å². The van der Waals surface area contributed by atoms with Gasteiger partial charge in [-0.2, -0.15) is 0 Å². The van der Waals surface area contributed by atoms with Crippen LogP contribution in [-0.4, -0.2) is 10.5 Å². The molecule has 0 atom stereocenters. The van der Waals surface area contributed by atoms with Crippen LogP contribution < -0.4 is 5.73 Å². The first kappa shape index (κ1) is 9.69. The van der Waals surface area contributed by atoms with E-state index in [0.29, 0.717) is 5.56 Å². The summed E-state index contributed by atoms with van der Waals surface area (Å²) in [5.41, 5.74) is 5.35. The highest BCUT2D eigenvalue weighted by molar-refractivity contribution is 5.35. The second-order valence-corrected chi connectivity index (χ2v) is 3.33. The van der Waals surface area contributed by atoms with E-state index >= 15 is 0 Å². The Morgan fingerprint density at radius 2 is 2.23 bits per heavy atom. The summed E-state index contributed by atoms with van der Waals surface area (Å²) in [5, 5.41) is 0. The van der Waals surface area contributed by atoms with Crippen LogP contribution in [0, 0.1) is 17.7 Å². The molecule has 0 saturated carbocycles. The lowest BCUT2D eigenvalue weighted by molar-refractivity contribution is 0.617. The van der Waals surface area contributed by atoms with Crippen LogP contribution in [0.3, 0.4) is 0 Å². The van der Waals surface area contributed by atoms with Gasteiger partial charge < -0.3 is 5.73 Å². The van der Waals surface area contributed by atoms with Crippen molar-refractivity contribution in [2.45, 2.75) is 19.4 Å². The maximum Gasteiger partial charge on any atom is 0.157 e. The zero-order valence-electron chi connectivity index (χ0n) is 7.63. The predicted molar refractivity (Wildman–Crippen MR) is 49.3 cm³/mol. The molecule has 13 heavy (non-hydrogen) atoms. The third-order valence-electron chi connectivity index (χ3n) is 1.29. The molecule has 0 unspecified atom stereocenters.